The number of thioether (sulfide) groups is 1. The summed E-state index contributed by atoms with van der Waals surface area (Å²) in [7, 11) is 0. The number of halogens is 2. The van der Waals surface area contributed by atoms with Crippen LogP contribution in [0.5, 0.6) is 0 Å². The SMILES string of the molecule is O=C1SC(=Cc2cc(Br)cc(Br)c2)C(=O)N1CC1CCCCC1. The molecule has 0 spiro atoms. The summed E-state index contributed by atoms with van der Waals surface area (Å²) < 4.78 is 1.86. The van der Waals surface area contributed by atoms with Crippen LogP contribution in [0.15, 0.2) is 32.0 Å². The zero-order chi connectivity index (χ0) is 16.4. The molecule has 23 heavy (non-hydrogen) atoms. The number of benzene rings is 1. The van der Waals surface area contributed by atoms with E-state index in [4.69, 9.17) is 0 Å². The first-order valence-corrected chi connectivity index (χ1v) is 10.1. The molecule has 0 radical (unpaired) electrons. The molecule has 2 aliphatic rings. The van der Waals surface area contributed by atoms with Gasteiger partial charge in [-0.05, 0) is 60.4 Å². The van der Waals surface area contributed by atoms with Crippen LogP contribution < -0.4 is 0 Å². The third kappa shape index (κ3) is 4.28. The molecule has 0 unspecified atom stereocenters. The minimum absolute atomic E-state index is 0.138. The molecule has 122 valence electrons. The Labute approximate surface area is 157 Å². The van der Waals surface area contributed by atoms with Crippen molar-refractivity contribution in [2.75, 3.05) is 6.54 Å². The third-order valence-electron chi connectivity index (χ3n) is 4.22. The van der Waals surface area contributed by atoms with Crippen molar-refractivity contribution in [3.63, 3.8) is 0 Å². The van der Waals surface area contributed by atoms with E-state index in [0.717, 1.165) is 39.1 Å². The van der Waals surface area contributed by atoms with Crippen molar-refractivity contribution in [3.8, 4) is 0 Å². The summed E-state index contributed by atoms with van der Waals surface area (Å²) in [5.41, 5.74) is 0.898. The van der Waals surface area contributed by atoms with Crippen molar-refractivity contribution >= 4 is 60.8 Å². The summed E-state index contributed by atoms with van der Waals surface area (Å²) in [6, 6.07) is 5.80. The van der Waals surface area contributed by atoms with Gasteiger partial charge in [0.2, 0.25) is 0 Å². The number of nitrogens with zero attached hydrogens (tertiary/aromatic N) is 1. The van der Waals surface area contributed by atoms with Crippen LogP contribution in [0.3, 0.4) is 0 Å². The molecule has 0 atom stereocenters. The lowest BCUT2D eigenvalue weighted by Crippen LogP contribution is -2.34. The van der Waals surface area contributed by atoms with Gasteiger partial charge in [0.15, 0.2) is 0 Å². The Morgan fingerprint density at radius 2 is 1.74 bits per heavy atom. The van der Waals surface area contributed by atoms with Crippen molar-refractivity contribution in [3.05, 3.63) is 37.6 Å². The summed E-state index contributed by atoms with van der Waals surface area (Å²) in [6.45, 7) is 0.574. The summed E-state index contributed by atoms with van der Waals surface area (Å²) in [6.07, 6.45) is 7.74. The van der Waals surface area contributed by atoms with E-state index >= 15 is 0 Å². The first-order valence-electron chi connectivity index (χ1n) is 7.74. The number of hydrogen-bond donors (Lipinski definition) is 0. The molecule has 0 N–H and O–H groups in total. The number of carbonyl (C=O) groups is 2. The Bertz CT molecular complexity index is 648. The Morgan fingerprint density at radius 3 is 2.39 bits per heavy atom. The second-order valence-electron chi connectivity index (χ2n) is 6.00. The molecule has 3 rings (SSSR count). The third-order valence-corrected chi connectivity index (χ3v) is 6.04. The van der Waals surface area contributed by atoms with Crippen LogP contribution in [0, 0.1) is 5.92 Å². The van der Waals surface area contributed by atoms with E-state index in [2.05, 4.69) is 31.9 Å². The summed E-state index contributed by atoms with van der Waals surface area (Å²) >= 11 is 7.92. The van der Waals surface area contributed by atoms with Crippen LogP contribution >= 0.6 is 43.6 Å². The molecule has 1 heterocycles. The lowest BCUT2D eigenvalue weighted by atomic mass is 9.89. The van der Waals surface area contributed by atoms with Gasteiger partial charge in [-0.15, -0.1) is 0 Å². The van der Waals surface area contributed by atoms with E-state index < -0.39 is 0 Å². The molecule has 1 aliphatic heterocycles. The standard InChI is InChI=1S/C17H17Br2NO2S/c18-13-6-12(7-14(19)9-13)8-15-16(21)20(17(22)23-15)10-11-4-2-1-3-5-11/h6-9,11H,1-5,10H2. The van der Waals surface area contributed by atoms with Crippen LogP contribution in [-0.4, -0.2) is 22.6 Å². The summed E-state index contributed by atoms with van der Waals surface area (Å²) in [5.74, 6) is 0.318. The summed E-state index contributed by atoms with van der Waals surface area (Å²) in [4.78, 5) is 26.7. The maximum absolute atomic E-state index is 12.6. The summed E-state index contributed by atoms with van der Waals surface area (Å²) in [5, 5.41) is -0.138. The fourth-order valence-corrected chi connectivity index (χ4v) is 5.27. The number of rotatable bonds is 3. The van der Waals surface area contributed by atoms with Gasteiger partial charge in [-0.1, -0.05) is 51.1 Å². The van der Waals surface area contributed by atoms with Crippen molar-refractivity contribution in [2.45, 2.75) is 32.1 Å². The normalized spacial score (nSPS) is 21.5. The second kappa shape index (κ2) is 7.53. The van der Waals surface area contributed by atoms with E-state index in [-0.39, 0.29) is 11.1 Å². The first kappa shape index (κ1) is 17.2. The van der Waals surface area contributed by atoms with Gasteiger partial charge in [0.05, 0.1) is 4.91 Å². The van der Waals surface area contributed by atoms with E-state index in [1.54, 1.807) is 6.08 Å². The van der Waals surface area contributed by atoms with Gasteiger partial charge in [-0.3, -0.25) is 14.5 Å². The Morgan fingerprint density at radius 1 is 1.09 bits per heavy atom. The van der Waals surface area contributed by atoms with Gasteiger partial charge >= 0.3 is 0 Å². The first-order chi connectivity index (χ1) is 11.0. The highest BCUT2D eigenvalue weighted by atomic mass is 79.9. The van der Waals surface area contributed by atoms with Gasteiger partial charge in [0.1, 0.15) is 0 Å². The number of carbonyl (C=O) groups excluding carboxylic acids is 2. The molecule has 2 amide bonds. The average molecular weight is 459 g/mol. The van der Waals surface area contributed by atoms with E-state index in [1.165, 1.54) is 24.2 Å². The highest BCUT2D eigenvalue weighted by Gasteiger charge is 2.36. The minimum Gasteiger partial charge on any atom is -0.268 e. The van der Waals surface area contributed by atoms with Crippen molar-refractivity contribution < 1.29 is 9.59 Å². The molecular weight excluding hydrogens is 442 g/mol. The van der Waals surface area contributed by atoms with Crippen molar-refractivity contribution in [2.24, 2.45) is 5.92 Å². The molecule has 1 aliphatic carbocycles. The molecule has 0 aromatic heterocycles. The molecule has 1 aromatic carbocycles. The fraction of sp³-hybridized carbons (Fsp3) is 0.412. The number of amides is 2. The van der Waals surface area contributed by atoms with Crippen LogP contribution in [0.4, 0.5) is 4.79 Å². The van der Waals surface area contributed by atoms with Gasteiger partial charge < -0.3 is 0 Å². The monoisotopic (exact) mass is 457 g/mol. The highest BCUT2D eigenvalue weighted by Crippen LogP contribution is 2.35. The zero-order valence-corrected chi connectivity index (χ0v) is 16.5. The maximum Gasteiger partial charge on any atom is 0.293 e. The largest absolute Gasteiger partial charge is 0.293 e. The maximum atomic E-state index is 12.6. The molecule has 1 saturated heterocycles. The average Bonchev–Trinajstić information content (AvgIpc) is 2.75. The number of imide groups is 1. The van der Waals surface area contributed by atoms with E-state index in [1.807, 2.05) is 18.2 Å². The fourth-order valence-electron chi connectivity index (χ4n) is 3.10. The molecule has 1 aromatic rings. The van der Waals surface area contributed by atoms with E-state index in [9.17, 15) is 9.59 Å². The van der Waals surface area contributed by atoms with Crippen LogP contribution in [0.2, 0.25) is 0 Å². The lowest BCUT2D eigenvalue weighted by molar-refractivity contribution is -0.123. The minimum atomic E-state index is -0.151. The number of hydrogen-bond acceptors (Lipinski definition) is 3. The van der Waals surface area contributed by atoms with Crippen molar-refractivity contribution in [1.82, 2.24) is 4.90 Å². The Hall–Kier alpha value is -0.590. The Kier molecular flexibility index (Phi) is 5.65. The Balaban J connectivity index is 1.76. The molecular formula is C17H17Br2NO2S. The van der Waals surface area contributed by atoms with Gasteiger partial charge in [0.25, 0.3) is 11.1 Å². The highest BCUT2D eigenvalue weighted by molar-refractivity contribution is 9.11. The van der Waals surface area contributed by atoms with Gasteiger partial charge in [-0.2, -0.15) is 0 Å². The predicted octanol–water partition coefficient (Wildman–Crippen LogP) is 5.83. The van der Waals surface area contributed by atoms with Crippen LogP contribution in [0.25, 0.3) is 6.08 Å². The molecule has 0 bridgehead atoms. The second-order valence-corrected chi connectivity index (χ2v) is 8.82. The molecule has 2 fully saturated rings. The quantitative estimate of drug-likeness (QED) is 0.534. The molecule has 3 nitrogen and oxygen atoms in total. The topological polar surface area (TPSA) is 37.4 Å². The van der Waals surface area contributed by atoms with Gasteiger partial charge in [0, 0.05) is 15.5 Å². The van der Waals surface area contributed by atoms with Crippen LogP contribution in [0.1, 0.15) is 37.7 Å². The zero-order valence-electron chi connectivity index (χ0n) is 12.6. The van der Waals surface area contributed by atoms with E-state index in [0.29, 0.717) is 17.4 Å². The lowest BCUT2D eigenvalue weighted by Gasteiger charge is -2.25. The molecule has 1 saturated carbocycles. The molecule has 6 heteroatoms. The van der Waals surface area contributed by atoms with Crippen molar-refractivity contribution in [1.29, 1.82) is 0 Å². The van der Waals surface area contributed by atoms with Gasteiger partial charge in [-0.25, -0.2) is 0 Å². The van der Waals surface area contributed by atoms with Crippen LogP contribution in [-0.2, 0) is 4.79 Å². The predicted molar refractivity (Wildman–Crippen MR) is 101 cm³/mol. The smallest absolute Gasteiger partial charge is 0.268 e.